The molecule has 0 atom stereocenters. The van der Waals surface area contributed by atoms with Crippen molar-refractivity contribution in [1.29, 1.82) is 0 Å². The van der Waals surface area contributed by atoms with Crippen molar-refractivity contribution in [3.8, 4) is 0 Å². The summed E-state index contributed by atoms with van der Waals surface area (Å²) >= 11 is 0. The molecule has 0 spiro atoms. The molecule has 0 radical (unpaired) electrons. The minimum absolute atomic E-state index is 0. The van der Waals surface area contributed by atoms with Gasteiger partial charge >= 0.3 is 141 Å². The second-order valence-corrected chi connectivity index (χ2v) is 3.75. The monoisotopic (exact) mass is 638 g/mol. The Hall–Kier alpha value is 2.81. The van der Waals surface area contributed by atoms with Crippen molar-refractivity contribution >= 4 is 121 Å². The average Bonchev–Trinajstić information content (AvgIpc) is 1.94. The summed E-state index contributed by atoms with van der Waals surface area (Å²) in [6.45, 7) is 0. The Morgan fingerprint density at radius 3 is 0.333 bits per heavy atom. The molecule has 0 aliphatic carbocycles. The van der Waals surface area contributed by atoms with Crippen LogP contribution in [0.5, 0.6) is 0 Å². The van der Waals surface area contributed by atoms with E-state index in [-0.39, 0.29) is 141 Å². The molecule has 15 nitrogen and oxygen atoms in total. The van der Waals surface area contributed by atoms with Gasteiger partial charge in [0.25, 0.3) is 0 Å². The van der Waals surface area contributed by atoms with E-state index in [1.165, 1.54) is 0 Å². The summed E-state index contributed by atoms with van der Waals surface area (Å²) in [4.78, 5) is 85.2. The Morgan fingerprint density at radius 1 is 0.333 bits per heavy atom. The van der Waals surface area contributed by atoms with Gasteiger partial charge in [0.1, 0.15) is 0 Å². The van der Waals surface area contributed by atoms with Crippen LogP contribution < -0.4 is 48.0 Å². The van der Waals surface area contributed by atoms with Gasteiger partial charge in [-0.05, 0) is 0 Å². The van der Waals surface area contributed by atoms with Gasteiger partial charge < -0.3 is 70.3 Å². The molecule has 24 heavy (non-hydrogen) atoms. The van der Waals surface area contributed by atoms with Gasteiger partial charge in [0, 0.05) is 45.9 Å². The van der Waals surface area contributed by atoms with E-state index in [0.717, 1.165) is 0 Å². The van der Waals surface area contributed by atoms with Crippen LogP contribution in [0.25, 0.3) is 0 Å². The molecule has 0 saturated heterocycles. The summed E-state index contributed by atoms with van der Waals surface area (Å²) in [6, 6.07) is 0. The number of hydrogen-bond acceptors (Lipinski definition) is 15. The Bertz CT molecular complexity index is 221. The first-order chi connectivity index (χ1) is 8.66. The predicted octanol–water partition coefficient (Wildman–Crippen LogP) is -15.2. The molecular weight excluding hydrogens is 638 g/mol. The molecule has 0 aliphatic rings. The molecule has 0 bridgehead atoms. The molecule has 0 aliphatic heterocycles. The molecule has 0 aromatic carbocycles. The molecule has 0 unspecified atom stereocenters. The molecule has 0 N–H and O–H groups in total. The van der Waals surface area contributed by atoms with Gasteiger partial charge in [0.15, 0.2) is 0 Å². The fourth-order valence-electron chi connectivity index (χ4n) is 0. The number of hydrogen-bond donors (Lipinski definition) is 0. The van der Waals surface area contributed by atoms with Crippen LogP contribution in [-0.2, 0) is 87.7 Å². The smallest absolute Gasteiger partial charge is 0.672 e. The summed E-state index contributed by atoms with van der Waals surface area (Å²) < 4.78 is 42.6. The Labute approximate surface area is 252 Å². The van der Waals surface area contributed by atoms with Crippen molar-refractivity contribution in [2.75, 3.05) is 0 Å². The standard InChI is InChI=1S/2Ca.5O3Si.2Y/c;;5*1-4(2)3;;/q2*+2;5*-2;2*+3. The summed E-state index contributed by atoms with van der Waals surface area (Å²) in [7, 11) is -18.1. The van der Waals surface area contributed by atoms with Crippen molar-refractivity contribution in [3.05, 3.63) is 0 Å². The molecule has 24 heteroatoms. The summed E-state index contributed by atoms with van der Waals surface area (Å²) in [5.41, 5.74) is 0. The third-order valence-electron chi connectivity index (χ3n) is 0. The van der Waals surface area contributed by atoms with Crippen molar-refractivity contribution in [1.82, 2.24) is 0 Å². The van der Waals surface area contributed by atoms with Crippen molar-refractivity contribution in [2.45, 2.75) is 0 Å². The maximum atomic E-state index is 8.52. The fourth-order valence-corrected chi connectivity index (χ4v) is 0. The molecule has 0 aromatic heterocycles. The van der Waals surface area contributed by atoms with Crippen LogP contribution in [0.3, 0.4) is 0 Å². The zero-order valence-corrected chi connectivity index (χ0v) is 26.3. The van der Waals surface area contributed by atoms with E-state index in [2.05, 4.69) is 0 Å². The van der Waals surface area contributed by atoms with Crippen LogP contribution in [-0.4, -0.2) is 121 Å². The predicted molar refractivity (Wildman–Crippen MR) is 43.7 cm³/mol. The van der Waals surface area contributed by atoms with Gasteiger partial charge in [-0.1, -0.05) is 0 Å². The molecule has 0 rings (SSSR count). The van der Waals surface area contributed by atoms with Crippen LogP contribution in [0.4, 0.5) is 0 Å². The van der Waals surface area contributed by atoms with E-state index in [4.69, 9.17) is 70.3 Å². The Morgan fingerprint density at radius 2 is 0.333 bits per heavy atom. The molecule has 120 valence electrons. The van der Waals surface area contributed by atoms with Crippen LogP contribution in [0.15, 0.2) is 0 Å². The second-order valence-electron chi connectivity index (χ2n) is 1.25. The third-order valence-corrected chi connectivity index (χ3v) is 0. The Balaban J connectivity index is -0.0000000161. The largest absolute Gasteiger partial charge is 3.00 e. The molecule has 0 saturated carbocycles. The van der Waals surface area contributed by atoms with E-state index >= 15 is 0 Å². The molecule has 0 amide bonds. The van der Waals surface area contributed by atoms with Crippen LogP contribution in [0.1, 0.15) is 0 Å². The van der Waals surface area contributed by atoms with E-state index in [9.17, 15) is 0 Å². The summed E-state index contributed by atoms with van der Waals surface area (Å²) in [5.74, 6) is 0. The van der Waals surface area contributed by atoms with Crippen molar-refractivity contribution in [2.24, 2.45) is 0 Å². The van der Waals surface area contributed by atoms with Gasteiger partial charge in [-0.3, -0.25) is 0 Å². The van der Waals surface area contributed by atoms with Gasteiger partial charge in [-0.25, -0.2) is 0 Å². The van der Waals surface area contributed by atoms with E-state index < -0.39 is 45.9 Å². The zero-order chi connectivity index (χ0) is 17.9. The molecule has 0 aromatic rings. The third kappa shape index (κ3) is 1780. The van der Waals surface area contributed by atoms with Gasteiger partial charge in [0.2, 0.25) is 0 Å². The maximum Gasteiger partial charge on any atom is 3.00 e. The van der Waals surface area contributed by atoms with Gasteiger partial charge in [-0.15, -0.1) is 0 Å². The maximum absolute atomic E-state index is 8.52. The van der Waals surface area contributed by atoms with Gasteiger partial charge in [-0.2, -0.15) is 0 Å². The Kier molecular flexibility index (Phi) is 118. The first kappa shape index (κ1) is 56.3. The molecule has 0 fully saturated rings. The summed E-state index contributed by atoms with van der Waals surface area (Å²) in [6.07, 6.45) is 0. The summed E-state index contributed by atoms with van der Waals surface area (Å²) in [5, 5.41) is 0. The normalized spacial score (nSPS) is 5.00. The van der Waals surface area contributed by atoms with Crippen LogP contribution in [0, 0.1) is 0 Å². The second kappa shape index (κ2) is 50.1. The molecule has 0 heterocycles. The minimum atomic E-state index is -3.63. The topological polar surface area (TPSA) is 316 Å². The van der Waals surface area contributed by atoms with Crippen LogP contribution >= 0.6 is 0 Å². The number of rotatable bonds is 0. The van der Waals surface area contributed by atoms with E-state index in [1.54, 1.807) is 0 Å². The first-order valence-electron chi connectivity index (χ1n) is 3.06. The van der Waals surface area contributed by atoms with Crippen molar-refractivity contribution < 1.29 is 136 Å². The first-order valence-corrected chi connectivity index (χ1v) is 9.19. The van der Waals surface area contributed by atoms with Gasteiger partial charge in [0.05, 0.1) is 0 Å². The quantitative estimate of drug-likeness (QED) is 0.222. The minimum Gasteiger partial charge on any atom is -0.672 e. The zero-order valence-electron chi connectivity index (χ0n) is 11.2. The van der Waals surface area contributed by atoms with Crippen LogP contribution in [0.2, 0.25) is 0 Å². The SMILES string of the molecule is O=[Si]([O-])[O-].O=[Si]([O-])[O-].O=[Si]([O-])[O-].O=[Si]([O-])[O-].O=[Si]([O-])[O-].[Ca+2].[Ca+2].[Y+3].[Y+3]. The molecular formula is Ca2O15Si5Y2. The van der Waals surface area contributed by atoms with E-state index in [1.807, 2.05) is 0 Å². The van der Waals surface area contributed by atoms with E-state index in [0.29, 0.717) is 0 Å². The average molecular weight is 638 g/mol. The fraction of sp³-hybridized carbons (Fsp3) is 0. The van der Waals surface area contributed by atoms with Crippen molar-refractivity contribution in [3.63, 3.8) is 0 Å².